The Morgan fingerprint density at radius 3 is 2.62 bits per heavy atom. The summed E-state index contributed by atoms with van der Waals surface area (Å²) >= 11 is 0. The molecule has 0 radical (unpaired) electrons. The number of carbonyl (C=O) groups excluding carboxylic acids is 2. The summed E-state index contributed by atoms with van der Waals surface area (Å²) in [6, 6.07) is 5.62. The number of amides is 1. The van der Waals surface area contributed by atoms with Crippen LogP contribution in [0.5, 0.6) is 0 Å². The van der Waals surface area contributed by atoms with E-state index >= 15 is 0 Å². The van der Waals surface area contributed by atoms with Crippen LogP contribution in [0.1, 0.15) is 24.5 Å². The SMILES string of the molecule is Cc1ccc(NC(=O)C(C)OC(=O)CC2C=CS(=O)(=O)C2)c(C)c1. The summed E-state index contributed by atoms with van der Waals surface area (Å²) in [6.07, 6.45) is 0.466. The Balaban J connectivity index is 1.87. The number of carbonyl (C=O) groups is 2. The minimum absolute atomic E-state index is 0.0586. The maximum Gasteiger partial charge on any atom is 0.307 e. The van der Waals surface area contributed by atoms with E-state index in [1.165, 1.54) is 13.0 Å². The van der Waals surface area contributed by atoms with Crippen molar-refractivity contribution in [2.75, 3.05) is 11.1 Å². The van der Waals surface area contributed by atoms with Gasteiger partial charge >= 0.3 is 5.97 Å². The normalized spacial score (nSPS) is 19.7. The van der Waals surface area contributed by atoms with Gasteiger partial charge in [0.1, 0.15) is 0 Å². The largest absolute Gasteiger partial charge is 0.453 e. The Kier molecular flexibility index (Phi) is 5.43. The lowest BCUT2D eigenvalue weighted by Gasteiger charge is -2.15. The Labute approximate surface area is 141 Å². The third-order valence-electron chi connectivity index (χ3n) is 3.75. The molecule has 1 aromatic carbocycles. The first-order valence-corrected chi connectivity index (χ1v) is 9.36. The van der Waals surface area contributed by atoms with Crippen molar-refractivity contribution in [3.8, 4) is 0 Å². The molecule has 2 rings (SSSR count). The smallest absolute Gasteiger partial charge is 0.307 e. The fraction of sp³-hybridized carbons (Fsp3) is 0.412. The maximum atomic E-state index is 12.1. The summed E-state index contributed by atoms with van der Waals surface area (Å²) in [5.74, 6) is -1.50. The van der Waals surface area contributed by atoms with Crippen LogP contribution in [-0.4, -0.2) is 32.2 Å². The molecular formula is C17H21NO5S. The zero-order chi connectivity index (χ0) is 17.9. The van der Waals surface area contributed by atoms with Crippen molar-refractivity contribution >= 4 is 27.4 Å². The molecule has 0 aliphatic carbocycles. The molecule has 24 heavy (non-hydrogen) atoms. The van der Waals surface area contributed by atoms with Crippen LogP contribution in [0.4, 0.5) is 5.69 Å². The van der Waals surface area contributed by atoms with Gasteiger partial charge in [0, 0.05) is 17.0 Å². The monoisotopic (exact) mass is 351 g/mol. The van der Waals surface area contributed by atoms with Crippen LogP contribution in [0.25, 0.3) is 0 Å². The zero-order valence-corrected chi connectivity index (χ0v) is 14.7. The molecule has 1 aromatic rings. The van der Waals surface area contributed by atoms with E-state index in [0.29, 0.717) is 5.69 Å². The van der Waals surface area contributed by atoms with Crippen molar-refractivity contribution in [3.05, 3.63) is 40.8 Å². The third kappa shape index (κ3) is 4.92. The highest BCUT2D eigenvalue weighted by Gasteiger charge is 2.26. The number of hydrogen-bond acceptors (Lipinski definition) is 5. The Bertz CT molecular complexity index is 782. The molecule has 0 saturated heterocycles. The molecule has 0 fully saturated rings. The first-order chi connectivity index (χ1) is 11.2. The number of benzene rings is 1. The highest BCUT2D eigenvalue weighted by Crippen LogP contribution is 2.20. The average molecular weight is 351 g/mol. The second-order valence-corrected chi connectivity index (χ2v) is 7.99. The van der Waals surface area contributed by atoms with Gasteiger partial charge in [-0.25, -0.2) is 8.42 Å². The van der Waals surface area contributed by atoms with Gasteiger partial charge in [0.05, 0.1) is 12.2 Å². The standard InChI is InChI=1S/C17H21NO5S/c1-11-4-5-15(12(2)8-11)18-17(20)13(3)23-16(19)9-14-6-7-24(21,22)10-14/h4-8,13-14H,9-10H2,1-3H3,(H,18,20). The number of rotatable bonds is 5. The van der Waals surface area contributed by atoms with Gasteiger partial charge in [-0.05, 0) is 32.4 Å². The van der Waals surface area contributed by atoms with E-state index in [0.717, 1.165) is 16.5 Å². The summed E-state index contributed by atoms with van der Waals surface area (Å²) in [7, 11) is -3.20. The molecule has 1 amide bonds. The molecule has 2 atom stereocenters. The lowest BCUT2D eigenvalue weighted by atomic mass is 10.1. The highest BCUT2D eigenvalue weighted by atomic mass is 32.2. The van der Waals surface area contributed by atoms with E-state index in [1.54, 1.807) is 6.07 Å². The summed E-state index contributed by atoms with van der Waals surface area (Å²) < 4.78 is 27.7. The molecule has 0 aromatic heterocycles. The summed E-state index contributed by atoms with van der Waals surface area (Å²) in [6.45, 7) is 5.32. The Morgan fingerprint density at radius 1 is 1.33 bits per heavy atom. The number of nitrogens with one attached hydrogen (secondary N) is 1. The van der Waals surface area contributed by atoms with Crippen molar-refractivity contribution in [3.63, 3.8) is 0 Å². The molecule has 1 N–H and O–H groups in total. The molecule has 130 valence electrons. The van der Waals surface area contributed by atoms with Crippen molar-refractivity contribution in [2.24, 2.45) is 5.92 Å². The van der Waals surface area contributed by atoms with Crippen LogP contribution < -0.4 is 5.32 Å². The number of esters is 1. The van der Waals surface area contributed by atoms with Gasteiger partial charge in [-0.15, -0.1) is 0 Å². The van der Waals surface area contributed by atoms with E-state index in [2.05, 4.69) is 5.32 Å². The van der Waals surface area contributed by atoms with Gasteiger partial charge in [-0.3, -0.25) is 9.59 Å². The van der Waals surface area contributed by atoms with Crippen molar-refractivity contribution in [1.29, 1.82) is 0 Å². The molecule has 0 spiro atoms. The van der Waals surface area contributed by atoms with Gasteiger partial charge in [0.2, 0.25) is 0 Å². The third-order valence-corrected chi connectivity index (χ3v) is 5.22. The lowest BCUT2D eigenvalue weighted by Crippen LogP contribution is -2.30. The van der Waals surface area contributed by atoms with Gasteiger partial charge in [-0.1, -0.05) is 23.8 Å². The van der Waals surface area contributed by atoms with Crippen molar-refractivity contribution in [1.82, 2.24) is 0 Å². The van der Waals surface area contributed by atoms with E-state index < -0.39 is 33.7 Å². The summed E-state index contributed by atoms with van der Waals surface area (Å²) in [5, 5.41) is 3.84. The Morgan fingerprint density at radius 2 is 2.04 bits per heavy atom. The maximum absolute atomic E-state index is 12.1. The topological polar surface area (TPSA) is 89.5 Å². The molecule has 0 bridgehead atoms. The first-order valence-electron chi connectivity index (χ1n) is 7.65. The highest BCUT2D eigenvalue weighted by molar-refractivity contribution is 7.94. The first kappa shape index (κ1) is 18.2. The van der Waals surface area contributed by atoms with E-state index in [-0.39, 0.29) is 12.2 Å². The predicted octanol–water partition coefficient (Wildman–Crippen LogP) is 2.12. The minimum atomic E-state index is -3.20. The fourth-order valence-electron chi connectivity index (χ4n) is 2.47. The summed E-state index contributed by atoms with van der Waals surface area (Å²) in [5.41, 5.74) is 2.67. The minimum Gasteiger partial charge on any atom is -0.453 e. The molecular weight excluding hydrogens is 330 g/mol. The van der Waals surface area contributed by atoms with Crippen LogP contribution in [0.15, 0.2) is 29.7 Å². The number of hydrogen-bond donors (Lipinski definition) is 1. The van der Waals surface area contributed by atoms with Crippen LogP contribution >= 0.6 is 0 Å². The quantitative estimate of drug-likeness (QED) is 0.821. The molecule has 7 heteroatoms. The van der Waals surface area contributed by atoms with Crippen molar-refractivity contribution < 1.29 is 22.7 Å². The fourth-order valence-corrected chi connectivity index (χ4v) is 3.87. The molecule has 1 heterocycles. The lowest BCUT2D eigenvalue weighted by molar-refractivity contribution is -0.153. The zero-order valence-electron chi connectivity index (χ0n) is 13.9. The van der Waals surface area contributed by atoms with E-state index in [9.17, 15) is 18.0 Å². The number of allylic oxidation sites excluding steroid dienone is 1. The van der Waals surface area contributed by atoms with Crippen LogP contribution in [0.3, 0.4) is 0 Å². The molecule has 0 saturated carbocycles. The number of anilines is 1. The molecule has 1 aliphatic heterocycles. The summed E-state index contributed by atoms with van der Waals surface area (Å²) in [4.78, 5) is 24.0. The molecule has 6 nitrogen and oxygen atoms in total. The van der Waals surface area contributed by atoms with Crippen molar-refractivity contribution in [2.45, 2.75) is 33.3 Å². The second-order valence-electron chi connectivity index (χ2n) is 6.06. The number of aryl methyl sites for hydroxylation is 2. The molecule has 2 unspecified atom stereocenters. The molecule has 1 aliphatic rings. The van der Waals surface area contributed by atoms with Gasteiger partial charge in [0.15, 0.2) is 15.9 Å². The van der Waals surface area contributed by atoms with Crippen LogP contribution in [-0.2, 0) is 24.2 Å². The second kappa shape index (κ2) is 7.17. The van der Waals surface area contributed by atoms with E-state index in [1.807, 2.05) is 26.0 Å². The number of sulfone groups is 1. The van der Waals surface area contributed by atoms with Gasteiger partial charge in [-0.2, -0.15) is 0 Å². The van der Waals surface area contributed by atoms with Gasteiger partial charge < -0.3 is 10.1 Å². The van der Waals surface area contributed by atoms with Crippen LogP contribution in [0, 0.1) is 19.8 Å². The number of ether oxygens (including phenoxy) is 1. The van der Waals surface area contributed by atoms with Crippen LogP contribution in [0.2, 0.25) is 0 Å². The average Bonchev–Trinajstić information content (AvgIpc) is 2.80. The van der Waals surface area contributed by atoms with E-state index in [4.69, 9.17) is 4.74 Å². The Hall–Kier alpha value is -2.15. The van der Waals surface area contributed by atoms with Gasteiger partial charge in [0.25, 0.3) is 5.91 Å². The predicted molar refractivity (Wildman–Crippen MR) is 91.1 cm³/mol.